The predicted molar refractivity (Wildman–Crippen MR) is 102 cm³/mol. The smallest absolute Gasteiger partial charge is 0.236 e. The topological polar surface area (TPSA) is 61.6 Å². The molecule has 0 radical (unpaired) electrons. The second-order valence-corrected chi connectivity index (χ2v) is 7.50. The van der Waals surface area contributed by atoms with Gasteiger partial charge in [-0.25, -0.2) is 9.67 Å². The summed E-state index contributed by atoms with van der Waals surface area (Å²) in [6, 6.07) is 2.06. The maximum absolute atomic E-state index is 6.21. The summed E-state index contributed by atoms with van der Waals surface area (Å²) in [4.78, 5) is 6.77. The zero-order chi connectivity index (χ0) is 18.8. The fourth-order valence-electron chi connectivity index (χ4n) is 3.98. The predicted octanol–water partition coefficient (Wildman–Crippen LogP) is 2.03. The lowest BCUT2D eigenvalue weighted by atomic mass is 10.1. The lowest BCUT2D eigenvalue weighted by Gasteiger charge is -2.11. The molecule has 0 spiro atoms. The summed E-state index contributed by atoms with van der Waals surface area (Å²) in [6.45, 7) is 6.36. The van der Waals surface area contributed by atoms with Crippen molar-refractivity contribution in [1.82, 2.24) is 19.7 Å². The van der Waals surface area contributed by atoms with Crippen LogP contribution in [0.25, 0.3) is 5.69 Å². The first kappa shape index (κ1) is 18.3. The van der Waals surface area contributed by atoms with Crippen LogP contribution in [0.2, 0.25) is 0 Å². The lowest BCUT2D eigenvalue weighted by molar-refractivity contribution is 0.144. The van der Waals surface area contributed by atoms with E-state index in [-0.39, 0.29) is 0 Å². The van der Waals surface area contributed by atoms with Gasteiger partial charge in [-0.2, -0.15) is 0 Å². The summed E-state index contributed by atoms with van der Waals surface area (Å²) in [7, 11) is 3.80. The largest absolute Gasteiger partial charge is 0.481 e. The number of likely N-dealkylation sites (tertiary alicyclic amines) is 1. The minimum Gasteiger partial charge on any atom is -0.481 e. The summed E-state index contributed by atoms with van der Waals surface area (Å²) in [6.07, 6.45) is 4.64. The van der Waals surface area contributed by atoms with Crippen LogP contribution < -0.4 is 9.47 Å². The highest BCUT2D eigenvalue weighted by molar-refractivity contribution is 5.43. The number of rotatable bonds is 5. The fourth-order valence-corrected chi connectivity index (χ4v) is 3.98. The molecular weight excluding hydrogens is 344 g/mol. The van der Waals surface area contributed by atoms with E-state index in [0.717, 1.165) is 48.8 Å². The van der Waals surface area contributed by atoms with Crippen LogP contribution in [0.5, 0.6) is 11.8 Å². The number of hydrogen-bond donors (Lipinski definition) is 0. The minimum atomic E-state index is 0.572. The molecule has 0 saturated carbocycles. The van der Waals surface area contributed by atoms with E-state index in [1.807, 2.05) is 11.6 Å². The molecule has 4 rings (SSSR count). The third-order valence-electron chi connectivity index (χ3n) is 5.43. The van der Waals surface area contributed by atoms with E-state index in [1.165, 1.54) is 12.0 Å². The molecule has 7 nitrogen and oxygen atoms in total. The average Bonchev–Trinajstić information content (AvgIpc) is 3.14. The van der Waals surface area contributed by atoms with Crippen LogP contribution in [0, 0.1) is 12.8 Å². The molecule has 2 aliphatic rings. The molecule has 0 amide bonds. The van der Waals surface area contributed by atoms with Gasteiger partial charge >= 0.3 is 0 Å². The van der Waals surface area contributed by atoms with Crippen molar-refractivity contribution in [3.05, 3.63) is 29.1 Å². The third-order valence-corrected chi connectivity index (χ3v) is 5.43. The monoisotopic (exact) mass is 372 g/mol. The Morgan fingerprint density at radius 1 is 1.26 bits per heavy atom. The maximum atomic E-state index is 6.21. The molecule has 2 aromatic heterocycles. The first-order valence-corrected chi connectivity index (χ1v) is 9.66. The van der Waals surface area contributed by atoms with Gasteiger partial charge in [0.2, 0.25) is 11.8 Å². The number of hydrogen-bond acceptors (Lipinski definition) is 6. The van der Waals surface area contributed by atoms with Crippen LogP contribution in [0.3, 0.4) is 0 Å². The van der Waals surface area contributed by atoms with Crippen LogP contribution in [-0.4, -0.2) is 66.7 Å². The lowest BCUT2D eigenvalue weighted by Crippen LogP contribution is -2.18. The van der Waals surface area contributed by atoms with Crippen molar-refractivity contribution >= 4 is 0 Å². The Morgan fingerprint density at radius 3 is 2.85 bits per heavy atom. The van der Waals surface area contributed by atoms with Gasteiger partial charge < -0.3 is 19.1 Å². The highest BCUT2D eigenvalue weighted by atomic mass is 16.5. The van der Waals surface area contributed by atoms with Gasteiger partial charge in [0.05, 0.1) is 44.5 Å². The molecule has 2 aliphatic heterocycles. The van der Waals surface area contributed by atoms with Crippen LogP contribution in [-0.2, 0) is 17.6 Å². The van der Waals surface area contributed by atoms with Gasteiger partial charge in [0.15, 0.2) is 0 Å². The fraction of sp³-hybridized carbons (Fsp3) is 0.600. The molecule has 146 valence electrons. The maximum Gasteiger partial charge on any atom is 0.236 e. The summed E-state index contributed by atoms with van der Waals surface area (Å²) in [5.74, 6) is 1.96. The third kappa shape index (κ3) is 3.80. The first-order valence-electron chi connectivity index (χ1n) is 9.66. The van der Waals surface area contributed by atoms with Crippen LogP contribution in [0.4, 0.5) is 0 Å². The highest BCUT2D eigenvalue weighted by Gasteiger charge is 2.25. The van der Waals surface area contributed by atoms with Gasteiger partial charge in [0.25, 0.3) is 0 Å². The normalized spacial score (nSPS) is 20.3. The summed E-state index contributed by atoms with van der Waals surface area (Å²) >= 11 is 0. The molecule has 0 aromatic carbocycles. The highest BCUT2D eigenvalue weighted by Crippen LogP contribution is 2.29. The molecule has 27 heavy (non-hydrogen) atoms. The van der Waals surface area contributed by atoms with Crippen LogP contribution >= 0.6 is 0 Å². The van der Waals surface area contributed by atoms with E-state index in [4.69, 9.17) is 19.3 Å². The molecule has 0 aliphatic carbocycles. The molecule has 7 heteroatoms. The standard InChI is InChI=1S/C20H28N4O3/c1-14-10-16(11-21-19(14)25-3)24-18-6-9-26-8-5-17(18)20(22-24)27-13-15-4-7-23(2)12-15/h10-11,15H,4-9,12-13H2,1-3H3. The minimum absolute atomic E-state index is 0.572. The zero-order valence-electron chi connectivity index (χ0n) is 16.4. The number of aromatic nitrogens is 3. The van der Waals surface area contributed by atoms with Crippen molar-refractivity contribution in [3.8, 4) is 17.4 Å². The SMILES string of the molecule is COc1ncc(-n2nc(OCC3CCN(C)C3)c3c2CCOCC3)cc1C. The van der Waals surface area contributed by atoms with E-state index in [9.17, 15) is 0 Å². The van der Waals surface area contributed by atoms with Crippen molar-refractivity contribution < 1.29 is 14.2 Å². The van der Waals surface area contributed by atoms with Crippen molar-refractivity contribution in [2.45, 2.75) is 26.2 Å². The molecule has 0 N–H and O–H groups in total. The van der Waals surface area contributed by atoms with Crippen molar-refractivity contribution in [3.63, 3.8) is 0 Å². The zero-order valence-corrected chi connectivity index (χ0v) is 16.4. The van der Waals surface area contributed by atoms with E-state index in [0.29, 0.717) is 31.6 Å². The van der Waals surface area contributed by atoms with E-state index in [2.05, 4.69) is 23.0 Å². The van der Waals surface area contributed by atoms with Gasteiger partial charge in [-0.15, -0.1) is 5.10 Å². The Labute approximate surface area is 160 Å². The Kier molecular flexibility index (Phi) is 5.31. The summed E-state index contributed by atoms with van der Waals surface area (Å²) in [5.41, 5.74) is 4.26. The van der Waals surface area contributed by atoms with Crippen molar-refractivity contribution in [2.75, 3.05) is 47.1 Å². The molecule has 4 heterocycles. The van der Waals surface area contributed by atoms with Gasteiger partial charge in [-0.3, -0.25) is 0 Å². The van der Waals surface area contributed by atoms with E-state index in [1.54, 1.807) is 13.3 Å². The van der Waals surface area contributed by atoms with Gasteiger partial charge in [0.1, 0.15) is 0 Å². The number of aryl methyl sites for hydroxylation is 1. The first-order chi connectivity index (χ1) is 13.2. The average molecular weight is 372 g/mol. The Bertz CT molecular complexity index is 805. The van der Waals surface area contributed by atoms with Gasteiger partial charge in [0, 0.05) is 36.4 Å². The van der Waals surface area contributed by atoms with Crippen molar-refractivity contribution in [2.24, 2.45) is 5.92 Å². The summed E-state index contributed by atoms with van der Waals surface area (Å²) in [5, 5.41) is 4.82. The Balaban J connectivity index is 1.63. The number of fused-ring (bicyclic) bond motifs is 1. The number of pyridine rings is 1. The van der Waals surface area contributed by atoms with E-state index < -0.39 is 0 Å². The molecule has 1 fully saturated rings. The molecular formula is C20H28N4O3. The van der Waals surface area contributed by atoms with Gasteiger partial charge in [-0.1, -0.05) is 0 Å². The van der Waals surface area contributed by atoms with E-state index >= 15 is 0 Å². The second-order valence-electron chi connectivity index (χ2n) is 7.50. The number of ether oxygens (including phenoxy) is 3. The quantitative estimate of drug-likeness (QED) is 0.800. The number of methoxy groups -OCH3 is 1. The molecule has 1 saturated heterocycles. The number of nitrogens with zero attached hydrogens (tertiary/aromatic N) is 4. The Morgan fingerprint density at radius 2 is 2.11 bits per heavy atom. The molecule has 1 unspecified atom stereocenters. The molecule has 0 bridgehead atoms. The molecule has 2 aromatic rings. The Hall–Kier alpha value is -2.12. The van der Waals surface area contributed by atoms with Crippen molar-refractivity contribution in [1.29, 1.82) is 0 Å². The van der Waals surface area contributed by atoms with Gasteiger partial charge in [-0.05, 0) is 33.0 Å². The molecule has 1 atom stereocenters. The van der Waals surface area contributed by atoms with Crippen LogP contribution in [0.1, 0.15) is 23.2 Å². The summed E-state index contributed by atoms with van der Waals surface area (Å²) < 4.78 is 19.2. The second kappa shape index (κ2) is 7.86. The van der Waals surface area contributed by atoms with Crippen LogP contribution in [0.15, 0.2) is 12.3 Å².